The summed E-state index contributed by atoms with van der Waals surface area (Å²) in [7, 11) is 0. The molecule has 0 saturated heterocycles. The van der Waals surface area contributed by atoms with Crippen LogP contribution in [0.1, 0.15) is 22.6 Å². The highest BCUT2D eigenvalue weighted by molar-refractivity contribution is 5.88. The van der Waals surface area contributed by atoms with Gasteiger partial charge in [0.2, 0.25) is 0 Å². The van der Waals surface area contributed by atoms with Gasteiger partial charge in [-0.3, -0.25) is 4.90 Å². The van der Waals surface area contributed by atoms with Gasteiger partial charge in [0.25, 0.3) is 0 Å². The molecule has 0 fully saturated rings. The first-order valence-corrected chi connectivity index (χ1v) is 9.01. The molecule has 0 amide bonds. The van der Waals surface area contributed by atoms with Crippen LogP contribution in [0.5, 0.6) is 0 Å². The zero-order chi connectivity index (χ0) is 16.8. The second-order valence-corrected chi connectivity index (χ2v) is 7.25. The van der Waals surface area contributed by atoms with Crippen molar-refractivity contribution in [2.75, 3.05) is 13.2 Å². The Hall–Kier alpha value is -2.36. The summed E-state index contributed by atoms with van der Waals surface area (Å²) in [5.41, 5.74) is 6.51. The smallest absolute Gasteiger partial charge is 0.0654 e. The fourth-order valence-electron chi connectivity index (χ4n) is 4.62. The highest BCUT2D eigenvalue weighted by atomic mass is 16.3. The van der Waals surface area contributed by atoms with Gasteiger partial charge in [0.15, 0.2) is 0 Å². The first kappa shape index (κ1) is 14.9. The van der Waals surface area contributed by atoms with Crippen molar-refractivity contribution in [3.05, 3.63) is 83.1 Å². The lowest BCUT2D eigenvalue weighted by atomic mass is 9.76. The SMILES string of the molecule is OCC1=C[C@@H]2c3cccc4[nH]cc(c34)C[C@H]2N(Cc2ccccc2)C1. The molecule has 3 aromatic rings. The fourth-order valence-corrected chi connectivity index (χ4v) is 4.62. The number of aromatic nitrogens is 1. The molecule has 0 saturated carbocycles. The zero-order valence-corrected chi connectivity index (χ0v) is 14.2. The molecule has 0 unspecified atom stereocenters. The van der Waals surface area contributed by atoms with Crippen LogP contribution in [0.4, 0.5) is 0 Å². The van der Waals surface area contributed by atoms with Gasteiger partial charge in [0.1, 0.15) is 0 Å². The number of aliphatic hydroxyl groups excluding tert-OH is 1. The summed E-state index contributed by atoms with van der Waals surface area (Å²) in [6.45, 7) is 1.92. The number of H-pyrrole nitrogens is 1. The van der Waals surface area contributed by atoms with E-state index in [1.807, 2.05) is 0 Å². The van der Waals surface area contributed by atoms with E-state index >= 15 is 0 Å². The molecule has 1 aromatic heterocycles. The van der Waals surface area contributed by atoms with Crippen molar-refractivity contribution in [2.45, 2.75) is 24.9 Å². The first-order chi connectivity index (χ1) is 12.3. The lowest BCUT2D eigenvalue weighted by molar-refractivity contribution is 0.163. The van der Waals surface area contributed by atoms with Crippen molar-refractivity contribution in [3.63, 3.8) is 0 Å². The summed E-state index contributed by atoms with van der Waals surface area (Å²) in [5.74, 6) is 0.353. The molecule has 2 aromatic carbocycles. The second kappa shape index (κ2) is 5.87. The molecule has 25 heavy (non-hydrogen) atoms. The molecule has 2 aliphatic rings. The van der Waals surface area contributed by atoms with Crippen LogP contribution in [-0.4, -0.2) is 34.2 Å². The van der Waals surface area contributed by atoms with Crippen LogP contribution < -0.4 is 0 Å². The summed E-state index contributed by atoms with van der Waals surface area (Å²) in [4.78, 5) is 5.97. The van der Waals surface area contributed by atoms with Crippen LogP contribution in [0.25, 0.3) is 10.9 Å². The van der Waals surface area contributed by atoms with Crippen molar-refractivity contribution >= 4 is 10.9 Å². The molecule has 0 bridgehead atoms. The van der Waals surface area contributed by atoms with E-state index in [9.17, 15) is 5.11 Å². The summed E-state index contributed by atoms with van der Waals surface area (Å²) in [6, 6.07) is 17.7. The quantitative estimate of drug-likeness (QED) is 0.720. The van der Waals surface area contributed by atoms with Crippen molar-refractivity contribution < 1.29 is 5.11 Å². The monoisotopic (exact) mass is 330 g/mol. The zero-order valence-electron chi connectivity index (χ0n) is 14.2. The molecular formula is C22H22N2O. The van der Waals surface area contributed by atoms with E-state index in [2.05, 4.69) is 70.7 Å². The Morgan fingerprint density at radius 1 is 1.08 bits per heavy atom. The van der Waals surface area contributed by atoms with Crippen LogP contribution in [0, 0.1) is 0 Å². The number of aliphatic hydroxyl groups is 1. The van der Waals surface area contributed by atoms with E-state index in [-0.39, 0.29) is 6.61 Å². The molecule has 1 aliphatic heterocycles. The predicted molar refractivity (Wildman–Crippen MR) is 101 cm³/mol. The molecule has 2 heterocycles. The van der Waals surface area contributed by atoms with Gasteiger partial charge in [0, 0.05) is 42.1 Å². The highest BCUT2D eigenvalue weighted by Crippen LogP contribution is 2.42. The van der Waals surface area contributed by atoms with Gasteiger partial charge in [-0.05, 0) is 34.8 Å². The molecule has 126 valence electrons. The Morgan fingerprint density at radius 2 is 1.96 bits per heavy atom. The van der Waals surface area contributed by atoms with Crippen molar-refractivity contribution in [3.8, 4) is 0 Å². The van der Waals surface area contributed by atoms with E-state index in [1.54, 1.807) is 0 Å². The van der Waals surface area contributed by atoms with E-state index in [1.165, 1.54) is 27.6 Å². The van der Waals surface area contributed by atoms with Gasteiger partial charge in [-0.15, -0.1) is 0 Å². The Balaban J connectivity index is 1.58. The number of fused-ring (bicyclic) bond motifs is 2. The largest absolute Gasteiger partial charge is 0.392 e. The average Bonchev–Trinajstić information content (AvgIpc) is 3.07. The number of rotatable bonds is 3. The maximum atomic E-state index is 9.81. The summed E-state index contributed by atoms with van der Waals surface area (Å²) >= 11 is 0. The van der Waals surface area contributed by atoms with Gasteiger partial charge in [-0.25, -0.2) is 0 Å². The summed E-state index contributed by atoms with van der Waals surface area (Å²) in [5, 5.41) is 11.2. The molecule has 5 rings (SSSR count). The Labute approximate surface area is 147 Å². The Kier molecular flexibility index (Phi) is 3.51. The van der Waals surface area contributed by atoms with Crippen molar-refractivity contribution in [1.29, 1.82) is 0 Å². The molecule has 2 N–H and O–H groups in total. The fraction of sp³-hybridized carbons (Fsp3) is 0.273. The van der Waals surface area contributed by atoms with Crippen molar-refractivity contribution in [1.82, 2.24) is 9.88 Å². The van der Waals surface area contributed by atoms with Gasteiger partial charge >= 0.3 is 0 Å². The van der Waals surface area contributed by atoms with Crippen molar-refractivity contribution in [2.24, 2.45) is 0 Å². The van der Waals surface area contributed by atoms with Gasteiger partial charge in [-0.1, -0.05) is 48.5 Å². The van der Waals surface area contributed by atoms with Gasteiger partial charge < -0.3 is 10.1 Å². The molecule has 3 nitrogen and oxygen atoms in total. The summed E-state index contributed by atoms with van der Waals surface area (Å²) in [6.07, 6.45) is 5.55. The average molecular weight is 330 g/mol. The van der Waals surface area contributed by atoms with Gasteiger partial charge in [-0.2, -0.15) is 0 Å². The van der Waals surface area contributed by atoms with E-state index < -0.39 is 0 Å². The van der Waals surface area contributed by atoms with Crippen LogP contribution >= 0.6 is 0 Å². The maximum absolute atomic E-state index is 9.81. The van der Waals surface area contributed by atoms with Crippen LogP contribution in [-0.2, 0) is 13.0 Å². The molecule has 3 heteroatoms. The number of nitrogens with zero attached hydrogens (tertiary/aromatic N) is 1. The van der Waals surface area contributed by atoms with Gasteiger partial charge in [0.05, 0.1) is 6.61 Å². The third-order valence-electron chi connectivity index (χ3n) is 5.74. The second-order valence-electron chi connectivity index (χ2n) is 7.25. The normalized spacial score (nSPS) is 22.7. The summed E-state index contributed by atoms with van der Waals surface area (Å²) < 4.78 is 0. The minimum absolute atomic E-state index is 0.143. The minimum atomic E-state index is 0.143. The van der Waals surface area contributed by atoms with E-state index in [0.717, 1.165) is 25.1 Å². The molecule has 0 spiro atoms. The third kappa shape index (κ3) is 2.43. The first-order valence-electron chi connectivity index (χ1n) is 9.01. The molecule has 2 atom stereocenters. The number of hydrogen-bond acceptors (Lipinski definition) is 2. The minimum Gasteiger partial charge on any atom is -0.392 e. The van der Waals surface area contributed by atoms with E-state index in [0.29, 0.717) is 12.0 Å². The highest BCUT2D eigenvalue weighted by Gasteiger charge is 2.36. The molecule has 1 aliphatic carbocycles. The molecule has 0 radical (unpaired) electrons. The van der Waals surface area contributed by atoms with Crippen LogP contribution in [0.3, 0.4) is 0 Å². The molecular weight excluding hydrogens is 308 g/mol. The van der Waals surface area contributed by atoms with Crippen LogP contribution in [0.15, 0.2) is 66.4 Å². The lowest BCUT2D eigenvalue weighted by Crippen LogP contribution is -2.46. The van der Waals surface area contributed by atoms with Crippen LogP contribution in [0.2, 0.25) is 0 Å². The number of nitrogens with one attached hydrogen (secondary N) is 1. The maximum Gasteiger partial charge on any atom is 0.0654 e. The predicted octanol–water partition coefficient (Wildman–Crippen LogP) is 3.61. The topological polar surface area (TPSA) is 39.3 Å². The number of aromatic amines is 1. The number of benzene rings is 2. The Bertz CT molecular complexity index is 941. The lowest BCUT2D eigenvalue weighted by Gasteiger charge is -2.43. The Morgan fingerprint density at radius 3 is 2.80 bits per heavy atom. The third-order valence-corrected chi connectivity index (χ3v) is 5.74. The standard InChI is InChI=1S/C22H22N2O/c25-14-16-9-19-18-7-4-8-20-22(18)17(11-23-20)10-21(19)24(13-16)12-15-5-2-1-3-6-15/h1-9,11,19,21,23,25H,10,12-14H2/t19-,21-/m1/s1. The van der Waals surface area contributed by atoms with E-state index in [4.69, 9.17) is 0 Å². The number of hydrogen-bond donors (Lipinski definition) is 2.